The maximum absolute atomic E-state index is 11.7. The summed E-state index contributed by atoms with van der Waals surface area (Å²) in [5.41, 5.74) is 0. The molecule has 0 saturated heterocycles. The Hall–Kier alpha value is -1.85. The highest BCUT2D eigenvalue weighted by molar-refractivity contribution is 5.72. The Kier molecular flexibility index (Phi) is 6.05. The predicted octanol–water partition coefficient (Wildman–Crippen LogP) is 1.63. The van der Waals surface area contributed by atoms with Crippen molar-refractivity contribution >= 4 is 5.97 Å². The molecule has 0 aliphatic rings. The van der Waals surface area contributed by atoms with Crippen molar-refractivity contribution in [2.24, 2.45) is 5.92 Å². The molecule has 1 atom stereocenters. The van der Waals surface area contributed by atoms with E-state index in [0.29, 0.717) is 37.0 Å². The van der Waals surface area contributed by atoms with Gasteiger partial charge in [0.15, 0.2) is 0 Å². The van der Waals surface area contributed by atoms with Gasteiger partial charge in [-0.25, -0.2) is 0 Å². The molecule has 6 heteroatoms. The average Bonchev–Trinajstić information content (AvgIpc) is 2.44. The number of carbonyl (C=O) groups excluding carboxylic acids is 1. The Morgan fingerprint density at radius 2 is 1.79 bits per heavy atom. The lowest BCUT2D eigenvalue weighted by molar-refractivity contribution is -0.148. The second-order valence-corrected chi connectivity index (χ2v) is 3.93. The Labute approximate surface area is 113 Å². The minimum Gasteiger partial charge on any atom is -0.481 e. The first-order valence-electron chi connectivity index (χ1n) is 6.27. The summed E-state index contributed by atoms with van der Waals surface area (Å²) in [5.74, 6) is 0.865. The lowest BCUT2D eigenvalue weighted by Gasteiger charge is -2.13. The van der Waals surface area contributed by atoms with Gasteiger partial charge in [0.25, 0.3) is 0 Å². The number of methoxy groups -OCH3 is 2. The van der Waals surface area contributed by atoms with E-state index >= 15 is 0 Å². The summed E-state index contributed by atoms with van der Waals surface area (Å²) in [6.07, 6.45) is 1.07. The lowest BCUT2D eigenvalue weighted by Crippen LogP contribution is -2.20. The molecule has 0 aliphatic carbocycles. The van der Waals surface area contributed by atoms with Gasteiger partial charge in [-0.2, -0.15) is 9.97 Å². The molecule has 1 rings (SSSR count). The van der Waals surface area contributed by atoms with Crippen LogP contribution in [0.5, 0.6) is 11.8 Å². The second kappa shape index (κ2) is 7.56. The van der Waals surface area contributed by atoms with E-state index < -0.39 is 0 Å². The van der Waals surface area contributed by atoms with Crippen LogP contribution >= 0.6 is 0 Å². The van der Waals surface area contributed by atoms with E-state index in [1.807, 2.05) is 6.92 Å². The molecule has 0 aliphatic heterocycles. The molecule has 106 valence electrons. The molecule has 0 fully saturated rings. The maximum atomic E-state index is 11.7. The van der Waals surface area contributed by atoms with Gasteiger partial charge in [0.2, 0.25) is 11.8 Å². The normalized spacial score (nSPS) is 11.8. The quantitative estimate of drug-likeness (QED) is 0.700. The number of hydrogen-bond acceptors (Lipinski definition) is 6. The van der Waals surface area contributed by atoms with Crippen molar-refractivity contribution in [2.75, 3.05) is 20.8 Å². The van der Waals surface area contributed by atoms with Crippen LogP contribution in [-0.2, 0) is 16.0 Å². The topological polar surface area (TPSA) is 70.5 Å². The summed E-state index contributed by atoms with van der Waals surface area (Å²) in [7, 11) is 3.04. The van der Waals surface area contributed by atoms with Crippen LogP contribution in [0.2, 0.25) is 0 Å². The summed E-state index contributed by atoms with van der Waals surface area (Å²) in [6.45, 7) is 4.09. The van der Waals surface area contributed by atoms with E-state index in [-0.39, 0.29) is 11.9 Å². The van der Waals surface area contributed by atoms with Gasteiger partial charge in [0, 0.05) is 6.42 Å². The molecular formula is C13H20N2O4. The molecule has 0 N–H and O–H groups in total. The van der Waals surface area contributed by atoms with Crippen molar-refractivity contribution in [3.8, 4) is 11.8 Å². The average molecular weight is 268 g/mol. The summed E-state index contributed by atoms with van der Waals surface area (Å²) in [6, 6.07) is 1.59. The molecule has 0 spiro atoms. The van der Waals surface area contributed by atoms with E-state index in [4.69, 9.17) is 14.2 Å². The minimum atomic E-state index is -0.253. The minimum absolute atomic E-state index is 0.226. The monoisotopic (exact) mass is 268 g/mol. The fourth-order valence-corrected chi connectivity index (χ4v) is 1.62. The molecule has 6 nitrogen and oxygen atoms in total. The van der Waals surface area contributed by atoms with Gasteiger partial charge in [-0.3, -0.25) is 4.79 Å². The molecule has 1 heterocycles. The first-order valence-corrected chi connectivity index (χ1v) is 6.27. The third-order valence-corrected chi connectivity index (χ3v) is 2.69. The van der Waals surface area contributed by atoms with Gasteiger partial charge in [0.05, 0.1) is 32.8 Å². The van der Waals surface area contributed by atoms with Crippen LogP contribution in [0.25, 0.3) is 0 Å². The van der Waals surface area contributed by atoms with E-state index in [1.54, 1.807) is 13.0 Å². The van der Waals surface area contributed by atoms with Crippen molar-refractivity contribution in [1.82, 2.24) is 9.97 Å². The van der Waals surface area contributed by atoms with E-state index in [2.05, 4.69) is 9.97 Å². The fraction of sp³-hybridized carbons (Fsp3) is 0.615. The van der Waals surface area contributed by atoms with E-state index in [0.717, 1.165) is 0 Å². The number of rotatable bonds is 7. The van der Waals surface area contributed by atoms with Gasteiger partial charge in [0.1, 0.15) is 5.82 Å². The van der Waals surface area contributed by atoms with E-state index in [1.165, 1.54) is 14.2 Å². The highest BCUT2D eigenvalue weighted by atomic mass is 16.5. The molecule has 1 aromatic rings. The van der Waals surface area contributed by atoms with Crippen LogP contribution in [0.4, 0.5) is 0 Å². The first kappa shape index (κ1) is 15.2. The second-order valence-electron chi connectivity index (χ2n) is 3.93. The van der Waals surface area contributed by atoms with Crippen LogP contribution in [-0.4, -0.2) is 36.8 Å². The zero-order chi connectivity index (χ0) is 14.3. The van der Waals surface area contributed by atoms with Crippen molar-refractivity contribution in [1.29, 1.82) is 0 Å². The Balaban J connectivity index is 2.86. The third kappa shape index (κ3) is 4.39. The summed E-state index contributed by atoms with van der Waals surface area (Å²) >= 11 is 0. The van der Waals surface area contributed by atoms with Crippen LogP contribution in [0.15, 0.2) is 6.07 Å². The van der Waals surface area contributed by atoms with Gasteiger partial charge in [-0.1, -0.05) is 6.92 Å². The molecule has 1 unspecified atom stereocenters. The summed E-state index contributed by atoms with van der Waals surface area (Å²) in [4.78, 5) is 20.2. The fourth-order valence-electron chi connectivity index (χ4n) is 1.62. The number of ether oxygens (including phenoxy) is 3. The SMILES string of the molecule is CCOC(=O)C(CC)Cc1nc(OC)cc(OC)n1. The van der Waals surface area contributed by atoms with Gasteiger partial charge in [-0.15, -0.1) is 0 Å². The number of hydrogen-bond donors (Lipinski definition) is 0. The highest BCUT2D eigenvalue weighted by Crippen LogP contribution is 2.18. The largest absolute Gasteiger partial charge is 0.481 e. The lowest BCUT2D eigenvalue weighted by atomic mass is 10.0. The van der Waals surface area contributed by atoms with E-state index in [9.17, 15) is 4.79 Å². The summed E-state index contributed by atoms with van der Waals surface area (Å²) in [5, 5.41) is 0. The maximum Gasteiger partial charge on any atom is 0.309 e. The molecule has 0 saturated carbocycles. The molecular weight excluding hydrogens is 248 g/mol. The van der Waals surface area contributed by atoms with Crippen molar-refractivity contribution in [2.45, 2.75) is 26.7 Å². The third-order valence-electron chi connectivity index (χ3n) is 2.69. The standard InChI is InChI=1S/C13H20N2O4/c1-5-9(13(16)19-6-2)7-10-14-11(17-3)8-12(15-10)18-4/h8-9H,5-7H2,1-4H3. The molecule has 0 bridgehead atoms. The first-order chi connectivity index (χ1) is 9.14. The van der Waals surface area contributed by atoms with Crippen LogP contribution < -0.4 is 9.47 Å². The van der Waals surface area contributed by atoms with Gasteiger partial charge >= 0.3 is 5.97 Å². The molecule has 19 heavy (non-hydrogen) atoms. The number of nitrogens with zero attached hydrogens (tertiary/aromatic N) is 2. The van der Waals surface area contributed by atoms with Crippen LogP contribution in [0.3, 0.4) is 0 Å². The Morgan fingerprint density at radius 3 is 2.21 bits per heavy atom. The molecule has 0 aromatic carbocycles. The highest BCUT2D eigenvalue weighted by Gasteiger charge is 2.20. The number of carbonyl (C=O) groups is 1. The Morgan fingerprint density at radius 1 is 1.21 bits per heavy atom. The number of esters is 1. The predicted molar refractivity (Wildman–Crippen MR) is 69.3 cm³/mol. The van der Waals surface area contributed by atoms with Gasteiger partial charge < -0.3 is 14.2 Å². The Bertz CT molecular complexity index is 401. The molecule has 0 radical (unpaired) electrons. The zero-order valence-electron chi connectivity index (χ0n) is 11.8. The van der Waals surface area contributed by atoms with Crippen LogP contribution in [0, 0.1) is 5.92 Å². The van der Waals surface area contributed by atoms with Crippen molar-refractivity contribution in [3.63, 3.8) is 0 Å². The van der Waals surface area contributed by atoms with Crippen molar-refractivity contribution < 1.29 is 19.0 Å². The summed E-state index contributed by atoms with van der Waals surface area (Å²) < 4.78 is 15.2. The smallest absolute Gasteiger partial charge is 0.309 e. The van der Waals surface area contributed by atoms with Gasteiger partial charge in [-0.05, 0) is 13.3 Å². The molecule has 0 amide bonds. The number of aromatic nitrogens is 2. The van der Waals surface area contributed by atoms with Crippen LogP contribution in [0.1, 0.15) is 26.1 Å². The molecule has 1 aromatic heterocycles. The van der Waals surface area contributed by atoms with Crippen molar-refractivity contribution in [3.05, 3.63) is 11.9 Å². The zero-order valence-corrected chi connectivity index (χ0v) is 11.8.